The molecule has 84 valence electrons. The second-order valence-electron chi connectivity index (χ2n) is 3.62. The number of hydrogen-bond donors (Lipinski definition) is 1. The Balaban J connectivity index is 3.45. The third-order valence-corrected chi connectivity index (χ3v) is 3.49. The van der Waals surface area contributed by atoms with Gasteiger partial charge < -0.3 is 10.6 Å². The molecule has 0 aromatic heterocycles. The van der Waals surface area contributed by atoms with Crippen molar-refractivity contribution in [3.63, 3.8) is 0 Å². The summed E-state index contributed by atoms with van der Waals surface area (Å²) >= 11 is 6.94. The molecule has 2 N–H and O–H groups in total. The van der Waals surface area contributed by atoms with Gasteiger partial charge in [-0.15, -0.1) is 0 Å². The van der Waals surface area contributed by atoms with Crippen molar-refractivity contribution < 1.29 is 0 Å². The topological polar surface area (TPSA) is 29.3 Å². The van der Waals surface area contributed by atoms with E-state index in [9.17, 15) is 0 Å². The Bertz CT molecular complexity index is 162. The molecule has 0 aromatic carbocycles. The zero-order chi connectivity index (χ0) is 11.0. The van der Waals surface area contributed by atoms with Crippen molar-refractivity contribution >= 4 is 29.0 Å². The predicted molar refractivity (Wildman–Crippen MR) is 71.1 cm³/mol. The number of hydrogen-bond acceptors (Lipinski definition) is 3. The van der Waals surface area contributed by atoms with E-state index in [1.807, 2.05) is 11.8 Å². The highest BCUT2D eigenvalue weighted by Gasteiger charge is 2.07. The smallest absolute Gasteiger partial charge is 0.0768 e. The maximum atomic E-state index is 5.56. The zero-order valence-corrected chi connectivity index (χ0v) is 11.1. The minimum atomic E-state index is 0.328. The lowest BCUT2D eigenvalue weighted by Gasteiger charge is -2.20. The molecule has 0 aliphatic heterocycles. The monoisotopic (exact) mass is 234 g/mol. The fourth-order valence-corrected chi connectivity index (χ4v) is 1.93. The van der Waals surface area contributed by atoms with Gasteiger partial charge in [0.25, 0.3) is 0 Å². The van der Waals surface area contributed by atoms with Crippen LogP contribution >= 0.6 is 24.0 Å². The Labute approximate surface area is 97.6 Å². The van der Waals surface area contributed by atoms with E-state index in [-0.39, 0.29) is 0 Å². The lowest BCUT2D eigenvalue weighted by molar-refractivity contribution is 0.316. The molecular formula is C10H22N2S2. The van der Waals surface area contributed by atoms with Gasteiger partial charge in [-0.25, -0.2) is 0 Å². The van der Waals surface area contributed by atoms with Crippen molar-refractivity contribution in [3.8, 4) is 0 Å². The number of nitrogens with two attached hydrogens (primary N) is 1. The lowest BCUT2D eigenvalue weighted by atomic mass is 10.2. The molecule has 0 bridgehead atoms. The average molecular weight is 234 g/mol. The van der Waals surface area contributed by atoms with Crippen molar-refractivity contribution in [2.75, 3.05) is 31.6 Å². The molecule has 0 radical (unpaired) electrons. The molecule has 1 atom stereocenters. The summed E-state index contributed by atoms with van der Waals surface area (Å²) in [4.78, 5) is 2.93. The van der Waals surface area contributed by atoms with Gasteiger partial charge in [0.1, 0.15) is 0 Å². The van der Waals surface area contributed by atoms with E-state index in [4.69, 9.17) is 18.0 Å². The summed E-state index contributed by atoms with van der Waals surface area (Å²) in [5.74, 6) is 2.80. The van der Waals surface area contributed by atoms with Gasteiger partial charge >= 0.3 is 0 Å². The normalized spacial score (nSPS) is 13.1. The van der Waals surface area contributed by atoms with Crippen LogP contribution in [-0.4, -0.2) is 41.5 Å². The highest BCUT2D eigenvalue weighted by atomic mass is 32.2. The third-order valence-electron chi connectivity index (χ3n) is 2.10. The Morgan fingerprint density at radius 1 is 1.57 bits per heavy atom. The molecule has 0 fully saturated rings. The van der Waals surface area contributed by atoms with E-state index < -0.39 is 0 Å². The Morgan fingerprint density at radius 2 is 2.21 bits per heavy atom. The van der Waals surface area contributed by atoms with Crippen LogP contribution in [0.2, 0.25) is 0 Å². The molecule has 0 aromatic rings. The first-order chi connectivity index (χ1) is 6.57. The maximum Gasteiger partial charge on any atom is 0.0768 e. The second-order valence-corrected chi connectivity index (χ2v) is 5.48. The fourth-order valence-electron chi connectivity index (χ4n) is 1.23. The average Bonchev–Trinajstić information content (AvgIpc) is 2.12. The fraction of sp³-hybridized carbons (Fsp3) is 0.900. The number of thioether (sulfide) groups is 1. The minimum Gasteiger partial charge on any atom is -0.393 e. The molecule has 2 nitrogen and oxygen atoms in total. The Kier molecular flexibility index (Phi) is 8.63. The van der Waals surface area contributed by atoms with E-state index in [0.29, 0.717) is 10.9 Å². The molecule has 0 aliphatic rings. The Hall–Kier alpha value is 0.200. The van der Waals surface area contributed by atoms with Gasteiger partial charge in [-0.05, 0) is 31.5 Å². The molecule has 0 amide bonds. The highest BCUT2D eigenvalue weighted by Crippen LogP contribution is 2.03. The van der Waals surface area contributed by atoms with E-state index in [2.05, 4.69) is 25.8 Å². The predicted octanol–water partition coefficient (Wildman–Crippen LogP) is 1.98. The molecule has 0 aliphatic carbocycles. The first-order valence-electron chi connectivity index (χ1n) is 5.13. The molecular weight excluding hydrogens is 212 g/mol. The standard InChI is InChI=1S/C10H22N2S2/c1-4-14-7-5-6-12(3)8-9(2)10(11)13/h9H,4-8H2,1-3H3,(H2,11,13). The van der Waals surface area contributed by atoms with Gasteiger partial charge in [0.05, 0.1) is 4.99 Å². The molecule has 0 rings (SSSR count). The van der Waals surface area contributed by atoms with Gasteiger partial charge in [0, 0.05) is 12.5 Å². The van der Waals surface area contributed by atoms with Crippen LogP contribution in [0.4, 0.5) is 0 Å². The van der Waals surface area contributed by atoms with Crippen molar-refractivity contribution in [2.45, 2.75) is 20.3 Å². The van der Waals surface area contributed by atoms with Crippen LogP contribution in [0.5, 0.6) is 0 Å². The Morgan fingerprint density at radius 3 is 2.71 bits per heavy atom. The number of thiocarbonyl (C=S) groups is 1. The first-order valence-corrected chi connectivity index (χ1v) is 6.69. The number of nitrogens with zero attached hydrogens (tertiary/aromatic N) is 1. The van der Waals surface area contributed by atoms with Gasteiger partial charge in [0.2, 0.25) is 0 Å². The van der Waals surface area contributed by atoms with Gasteiger partial charge in [-0.3, -0.25) is 0 Å². The molecule has 14 heavy (non-hydrogen) atoms. The quantitative estimate of drug-likeness (QED) is 0.514. The summed E-state index contributed by atoms with van der Waals surface area (Å²) in [5, 5.41) is 0. The largest absolute Gasteiger partial charge is 0.393 e. The van der Waals surface area contributed by atoms with E-state index in [1.54, 1.807) is 0 Å². The zero-order valence-electron chi connectivity index (χ0n) is 9.45. The molecule has 0 saturated carbocycles. The van der Waals surface area contributed by atoms with Gasteiger partial charge in [-0.1, -0.05) is 26.1 Å². The molecule has 0 heterocycles. The van der Waals surface area contributed by atoms with Gasteiger partial charge in [-0.2, -0.15) is 11.8 Å². The van der Waals surface area contributed by atoms with Crippen LogP contribution in [0.15, 0.2) is 0 Å². The molecule has 1 unspecified atom stereocenters. The summed E-state index contributed by atoms with van der Waals surface area (Å²) in [7, 11) is 2.13. The highest BCUT2D eigenvalue weighted by molar-refractivity contribution is 7.99. The third kappa shape index (κ3) is 7.59. The van der Waals surface area contributed by atoms with Gasteiger partial charge in [0.15, 0.2) is 0 Å². The van der Waals surface area contributed by atoms with Crippen LogP contribution in [0.3, 0.4) is 0 Å². The summed E-state index contributed by atoms with van der Waals surface area (Å²) in [6, 6.07) is 0. The van der Waals surface area contributed by atoms with Crippen LogP contribution in [0, 0.1) is 5.92 Å². The SMILES string of the molecule is CCSCCCN(C)CC(C)C(N)=S. The summed E-state index contributed by atoms with van der Waals surface area (Å²) < 4.78 is 0. The minimum absolute atomic E-state index is 0.328. The van der Waals surface area contributed by atoms with Crippen molar-refractivity contribution in [1.82, 2.24) is 4.90 Å². The van der Waals surface area contributed by atoms with Crippen molar-refractivity contribution in [1.29, 1.82) is 0 Å². The first kappa shape index (κ1) is 14.2. The number of rotatable bonds is 8. The summed E-state index contributed by atoms with van der Waals surface area (Å²) in [6.45, 7) is 6.40. The van der Waals surface area contributed by atoms with Crippen molar-refractivity contribution in [3.05, 3.63) is 0 Å². The van der Waals surface area contributed by atoms with E-state index in [0.717, 1.165) is 13.1 Å². The molecule has 4 heteroatoms. The van der Waals surface area contributed by atoms with Crippen LogP contribution < -0.4 is 5.73 Å². The van der Waals surface area contributed by atoms with Crippen LogP contribution in [0.25, 0.3) is 0 Å². The molecule has 0 saturated heterocycles. The lowest BCUT2D eigenvalue weighted by Crippen LogP contribution is -2.32. The van der Waals surface area contributed by atoms with E-state index >= 15 is 0 Å². The van der Waals surface area contributed by atoms with Crippen LogP contribution in [0.1, 0.15) is 20.3 Å². The second kappa shape index (κ2) is 8.50. The van der Waals surface area contributed by atoms with Crippen molar-refractivity contribution in [2.24, 2.45) is 11.7 Å². The van der Waals surface area contributed by atoms with E-state index in [1.165, 1.54) is 17.9 Å². The maximum absolute atomic E-state index is 5.56. The van der Waals surface area contributed by atoms with Crippen LogP contribution in [-0.2, 0) is 0 Å². The summed E-state index contributed by atoms with van der Waals surface area (Å²) in [5.41, 5.74) is 5.56. The summed E-state index contributed by atoms with van der Waals surface area (Å²) in [6.07, 6.45) is 1.25. The molecule has 0 spiro atoms.